The molecule has 0 saturated heterocycles. The largest absolute Gasteiger partial charge is 0.0587 e. The number of rotatable bonds is 3. The van der Waals surface area contributed by atoms with Gasteiger partial charge in [-0.05, 0) is 47.3 Å². The minimum absolute atomic E-state index is 0.656. The van der Waals surface area contributed by atoms with Crippen LogP contribution >= 0.6 is 0 Å². The van der Waals surface area contributed by atoms with Gasteiger partial charge >= 0.3 is 0 Å². The molecule has 1 fully saturated rings. The fourth-order valence-electron chi connectivity index (χ4n) is 2.23. The van der Waals surface area contributed by atoms with Crippen LogP contribution in [0.25, 0.3) is 0 Å². The Morgan fingerprint density at radius 3 is 2.13 bits per heavy atom. The van der Waals surface area contributed by atoms with Crippen molar-refractivity contribution in [3.63, 3.8) is 0 Å². The van der Waals surface area contributed by atoms with Crippen molar-refractivity contribution in [2.75, 3.05) is 0 Å². The van der Waals surface area contributed by atoms with Crippen molar-refractivity contribution >= 4 is 0 Å². The van der Waals surface area contributed by atoms with Crippen molar-refractivity contribution in [3.8, 4) is 0 Å². The summed E-state index contributed by atoms with van der Waals surface area (Å²) in [6, 6.07) is 7.12. The first-order chi connectivity index (χ1) is 7.09. The maximum absolute atomic E-state index is 2.46. The van der Waals surface area contributed by atoms with Gasteiger partial charge in [-0.25, -0.2) is 0 Å². The van der Waals surface area contributed by atoms with Crippen molar-refractivity contribution in [1.82, 2.24) is 0 Å². The lowest BCUT2D eigenvalue weighted by molar-refractivity contribution is 0.822. The Morgan fingerprint density at radius 2 is 1.67 bits per heavy atom. The van der Waals surface area contributed by atoms with E-state index in [2.05, 4.69) is 45.9 Å². The fourth-order valence-corrected chi connectivity index (χ4v) is 2.23. The minimum atomic E-state index is 0.656. The van der Waals surface area contributed by atoms with Gasteiger partial charge in [-0.2, -0.15) is 0 Å². The monoisotopic (exact) mass is 202 g/mol. The number of hydrogen-bond acceptors (Lipinski definition) is 0. The molecule has 1 aliphatic rings. The molecular weight excluding hydrogens is 180 g/mol. The molecule has 0 aliphatic heterocycles. The zero-order valence-electron chi connectivity index (χ0n) is 10.4. The van der Waals surface area contributed by atoms with Crippen LogP contribution in [0.1, 0.15) is 75.0 Å². The normalized spacial score (nSPS) is 16.4. The highest BCUT2D eigenvalue weighted by atomic mass is 14.3. The van der Waals surface area contributed by atoms with Gasteiger partial charge in [0.15, 0.2) is 0 Å². The summed E-state index contributed by atoms with van der Waals surface area (Å²) in [4.78, 5) is 0. The summed E-state index contributed by atoms with van der Waals surface area (Å²) in [6.07, 6.45) is 2.81. The van der Waals surface area contributed by atoms with Crippen molar-refractivity contribution in [2.24, 2.45) is 0 Å². The van der Waals surface area contributed by atoms with Gasteiger partial charge in [0.2, 0.25) is 0 Å². The van der Waals surface area contributed by atoms with Crippen LogP contribution in [0.5, 0.6) is 0 Å². The molecule has 15 heavy (non-hydrogen) atoms. The summed E-state index contributed by atoms with van der Waals surface area (Å²) in [7, 11) is 0. The SMILES string of the molecule is CC(C)c1ccc(C(C)C)c(C2CC2)c1. The van der Waals surface area contributed by atoms with E-state index in [-0.39, 0.29) is 0 Å². The van der Waals surface area contributed by atoms with E-state index in [1.807, 2.05) is 0 Å². The van der Waals surface area contributed by atoms with E-state index in [4.69, 9.17) is 0 Å². The van der Waals surface area contributed by atoms with Crippen LogP contribution in [-0.2, 0) is 0 Å². The van der Waals surface area contributed by atoms with Gasteiger partial charge in [0.05, 0.1) is 0 Å². The third kappa shape index (κ3) is 2.25. The van der Waals surface area contributed by atoms with Crippen LogP contribution in [0.15, 0.2) is 18.2 Å². The van der Waals surface area contributed by atoms with Crippen LogP contribution in [0.4, 0.5) is 0 Å². The summed E-state index contributed by atoms with van der Waals surface area (Å²) in [6.45, 7) is 9.16. The highest BCUT2D eigenvalue weighted by Gasteiger charge is 2.27. The summed E-state index contributed by atoms with van der Waals surface area (Å²) in [5.41, 5.74) is 4.71. The highest BCUT2D eigenvalue weighted by Crippen LogP contribution is 2.44. The van der Waals surface area contributed by atoms with E-state index in [1.54, 1.807) is 11.1 Å². The standard InChI is InChI=1S/C15H22/c1-10(2)13-7-8-14(11(3)4)15(9-13)12-5-6-12/h7-12H,5-6H2,1-4H3. The molecule has 0 bridgehead atoms. The quantitative estimate of drug-likeness (QED) is 0.659. The van der Waals surface area contributed by atoms with Crippen molar-refractivity contribution in [1.29, 1.82) is 0 Å². The molecule has 0 unspecified atom stereocenters. The second kappa shape index (κ2) is 4.00. The summed E-state index contributed by atoms with van der Waals surface area (Å²) < 4.78 is 0. The smallest absolute Gasteiger partial charge is 0.0159 e. The van der Waals surface area contributed by atoms with Crippen LogP contribution in [-0.4, -0.2) is 0 Å². The molecule has 0 amide bonds. The molecule has 0 radical (unpaired) electrons. The first-order valence-electron chi connectivity index (χ1n) is 6.23. The summed E-state index contributed by atoms with van der Waals surface area (Å²) in [5, 5.41) is 0. The Morgan fingerprint density at radius 1 is 1.00 bits per heavy atom. The molecule has 0 heteroatoms. The Bertz CT molecular complexity index is 343. The molecule has 82 valence electrons. The van der Waals surface area contributed by atoms with Gasteiger partial charge in [0.1, 0.15) is 0 Å². The van der Waals surface area contributed by atoms with E-state index >= 15 is 0 Å². The van der Waals surface area contributed by atoms with Gasteiger partial charge in [0.25, 0.3) is 0 Å². The van der Waals surface area contributed by atoms with Crippen LogP contribution in [0.2, 0.25) is 0 Å². The van der Waals surface area contributed by atoms with E-state index in [0.29, 0.717) is 11.8 Å². The van der Waals surface area contributed by atoms with Gasteiger partial charge < -0.3 is 0 Å². The molecular formula is C15H22. The predicted octanol–water partition coefficient (Wildman–Crippen LogP) is 4.81. The van der Waals surface area contributed by atoms with Crippen molar-refractivity contribution < 1.29 is 0 Å². The van der Waals surface area contributed by atoms with Gasteiger partial charge in [-0.15, -0.1) is 0 Å². The average molecular weight is 202 g/mol. The zero-order chi connectivity index (χ0) is 11.0. The fraction of sp³-hybridized carbons (Fsp3) is 0.600. The van der Waals surface area contributed by atoms with Crippen LogP contribution < -0.4 is 0 Å². The molecule has 0 N–H and O–H groups in total. The van der Waals surface area contributed by atoms with Gasteiger partial charge in [-0.3, -0.25) is 0 Å². The molecule has 0 atom stereocenters. The lowest BCUT2D eigenvalue weighted by Crippen LogP contribution is -1.98. The lowest BCUT2D eigenvalue weighted by atomic mass is 9.90. The minimum Gasteiger partial charge on any atom is -0.0587 e. The zero-order valence-corrected chi connectivity index (χ0v) is 10.4. The summed E-state index contributed by atoms with van der Waals surface area (Å²) in [5.74, 6) is 2.20. The maximum Gasteiger partial charge on any atom is -0.0159 e. The Balaban J connectivity index is 2.40. The molecule has 1 saturated carbocycles. The van der Waals surface area contributed by atoms with E-state index in [0.717, 1.165) is 5.92 Å². The Kier molecular flexibility index (Phi) is 2.86. The molecule has 0 nitrogen and oxygen atoms in total. The molecule has 1 aromatic rings. The van der Waals surface area contributed by atoms with E-state index in [9.17, 15) is 0 Å². The van der Waals surface area contributed by atoms with Gasteiger partial charge in [0, 0.05) is 0 Å². The molecule has 1 aliphatic carbocycles. The first-order valence-corrected chi connectivity index (χ1v) is 6.23. The van der Waals surface area contributed by atoms with Crippen LogP contribution in [0, 0.1) is 0 Å². The highest BCUT2D eigenvalue weighted by molar-refractivity contribution is 5.39. The van der Waals surface area contributed by atoms with E-state index in [1.165, 1.54) is 18.4 Å². The molecule has 0 spiro atoms. The van der Waals surface area contributed by atoms with E-state index < -0.39 is 0 Å². The molecule has 2 rings (SSSR count). The topological polar surface area (TPSA) is 0 Å². The van der Waals surface area contributed by atoms with Gasteiger partial charge in [-0.1, -0.05) is 45.9 Å². The molecule has 0 aromatic heterocycles. The lowest BCUT2D eigenvalue weighted by Gasteiger charge is -2.15. The second-order valence-corrected chi connectivity index (χ2v) is 5.47. The number of benzene rings is 1. The van der Waals surface area contributed by atoms with Crippen molar-refractivity contribution in [3.05, 3.63) is 34.9 Å². The first kappa shape index (κ1) is 10.7. The third-order valence-electron chi connectivity index (χ3n) is 3.42. The average Bonchev–Trinajstić information content (AvgIpc) is 2.99. The molecule has 1 aromatic carbocycles. The Hall–Kier alpha value is -0.780. The maximum atomic E-state index is 2.46. The second-order valence-electron chi connectivity index (χ2n) is 5.47. The predicted molar refractivity (Wildman–Crippen MR) is 66.6 cm³/mol. The number of hydrogen-bond donors (Lipinski definition) is 0. The summed E-state index contributed by atoms with van der Waals surface area (Å²) >= 11 is 0. The van der Waals surface area contributed by atoms with Crippen LogP contribution in [0.3, 0.4) is 0 Å². The third-order valence-corrected chi connectivity index (χ3v) is 3.42. The Labute approximate surface area is 93.7 Å². The molecule has 0 heterocycles. The van der Waals surface area contributed by atoms with Crippen molar-refractivity contribution in [2.45, 2.75) is 58.3 Å².